The van der Waals surface area contributed by atoms with Crippen LogP contribution in [0, 0.1) is 0 Å². The van der Waals surface area contributed by atoms with E-state index in [1.165, 1.54) is 0 Å². The van der Waals surface area contributed by atoms with Gasteiger partial charge < -0.3 is 10.6 Å². The molecule has 3 heterocycles. The predicted molar refractivity (Wildman–Crippen MR) is 85.0 cm³/mol. The SMILES string of the molecule is NC1CCN(C2CCN(C(=O)c3ccc(Br)cn3)C2)CC1. The summed E-state index contributed by atoms with van der Waals surface area (Å²) in [6, 6.07) is 4.48. The van der Waals surface area contributed by atoms with E-state index >= 15 is 0 Å². The molecule has 114 valence electrons. The first-order valence-corrected chi connectivity index (χ1v) is 8.33. The first-order chi connectivity index (χ1) is 10.1. The molecule has 2 fully saturated rings. The Morgan fingerprint density at radius 2 is 2.00 bits per heavy atom. The minimum Gasteiger partial charge on any atom is -0.336 e. The highest BCUT2D eigenvalue weighted by molar-refractivity contribution is 9.10. The van der Waals surface area contributed by atoms with Crippen molar-refractivity contribution in [3.8, 4) is 0 Å². The molecule has 0 aliphatic carbocycles. The van der Waals surface area contributed by atoms with Crippen LogP contribution in [-0.2, 0) is 0 Å². The molecule has 0 bridgehead atoms. The molecular formula is C15H21BrN4O. The molecule has 1 aromatic heterocycles. The van der Waals surface area contributed by atoms with Crippen molar-refractivity contribution in [3.05, 3.63) is 28.5 Å². The highest BCUT2D eigenvalue weighted by Crippen LogP contribution is 2.21. The lowest BCUT2D eigenvalue weighted by molar-refractivity contribution is 0.0763. The first-order valence-electron chi connectivity index (χ1n) is 7.54. The highest BCUT2D eigenvalue weighted by Gasteiger charge is 2.32. The lowest BCUT2D eigenvalue weighted by Crippen LogP contribution is -2.46. The summed E-state index contributed by atoms with van der Waals surface area (Å²) in [7, 11) is 0. The number of rotatable bonds is 2. The third-order valence-corrected chi connectivity index (χ3v) is 4.96. The number of piperidine rings is 1. The molecular weight excluding hydrogens is 332 g/mol. The Kier molecular flexibility index (Phi) is 4.57. The van der Waals surface area contributed by atoms with Gasteiger partial charge in [-0.3, -0.25) is 9.69 Å². The van der Waals surface area contributed by atoms with Crippen molar-refractivity contribution >= 4 is 21.8 Å². The molecule has 21 heavy (non-hydrogen) atoms. The van der Waals surface area contributed by atoms with Crippen LogP contribution < -0.4 is 5.73 Å². The van der Waals surface area contributed by atoms with Crippen LogP contribution >= 0.6 is 15.9 Å². The summed E-state index contributed by atoms with van der Waals surface area (Å²) in [5.74, 6) is 0.0405. The number of carbonyl (C=O) groups is 1. The molecule has 5 nitrogen and oxygen atoms in total. The van der Waals surface area contributed by atoms with Crippen LogP contribution in [0.3, 0.4) is 0 Å². The fraction of sp³-hybridized carbons (Fsp3) is 0.600. The maximum Gasteiger partial charge on any atom is 0.272 e. The van der Waals surface area contributed by atoms with Crippen molar-refractivity contribution in [2.24, 2.45) is 5.73 Å². The van der Waals surface area contributed by atoms with Gasteiger partial charge >= 0.3 is 0 Å². The number of hydrogen-bond donors (Lipinski definition) is 1. The van der Waals surface area contributed by atoms with Crippen molar-refractivity contribution in [1.29, 1.82) is 0 Å². The monoisotopic (exact) mass is 352 g/mol. The Labute approximate surface area is 133 Å². The molecule has 6 heteroatoms. The van der Waals surface area contributed by atoms with E-state index in [-0.39, 0.29) is 5.91 Å². The summed E-state index contributed by atoms with van der Waals surface area (Å²) in [4.78, 5) is 21.1. The fourth-order valence-corrected chi connectivity index (χ4v) is 3.41. The lowest BCUT2D eigenvalue weighted by atomic mass is 10.0. The Morgan fingerprint density at radius 1 is 1.24 bits per heavy atom. The third kappa shape index (κ3) is 3.44. The van der Waals surface area contributed by atoms with Gasteiger partial charge in [0.15, 0.2) is 0 Å². The Bertz CT molecular complexity index is 499. The zero-order valence-corrected chi connectivity index (χ0v) is 13.6. The van der Waals surface area contributed by atoms with Gasteiger partial charge in [-0.1, -0.05) is 0 Å². The van der Waals surface area contributed by atoms with Gasteiger partial charge in [0.1, 0.15) is 5.69 Å². The van der Waals surface area contributed by atoms with Gasteiger partial charge in [-0.25, -0.2) is 4.98 Å². The van der Waals surface area contributed by atoms with Crippen LogP contribution in [0.25, 0.3) is 0 Å². The van der Waals surface area contributed by atoms with E-state index < -0.39 is 0 Å². The minimum atomic E-state index is 0.0405. The Balaban J connectivity index is 1.59. The van der Waals surface area contributed by atoms with Crippen LogP contribution in [0.5, 0.6) is 0 Å². The largest absolute Gasteiger partial charge is 0.336 e. The zero-order chi connectivity index (χ0) is 14.8. The number of carbonyl (C=O) groups excluding carboxylic acids is 1. The summed E-state index contributed by atoms with van der Waals surface area (Å²) >= 11 is 3.34. The van der Waals surface area contributed by atoms with Gasteiger partial charge in [0.05, 0.1) is 0 Å². The molecule has 0 saturated carbocycles. The van der Waals surface area contributed by atoms with E-state index in [0.29, 0.717) is 17.8 Å². The van der Waals surface area contributed by atoms with Crippen molar-refractivity contribution < 1.29 is 4.79 Å². The van der Waals surface area contributed by atoms with Crippen LogP contribution in [0.2, 0.25) is 0 Å². The molecule has 3 rings (SSSR count). The Hall–Kier alpha value is -0.980. The molecule has 2 N–H and O–H groups in total. The molecule has 2 aliphatic heterocycles. The summed E-state index contributed by atoms with van der Waals surface area (Å²) < 4.78 is 0.892. The smallest absolute Gasteiger partial charge is 0.272 e. The molecule has 1 unspecified atom stereocenters. The van der Waals surface area contributed by atoms with Crippen LogP contribution in [-0.4, -0.2) is 59.0 Å². The second-order valence-electron chi connectivity index (χ2n) is 5.93. The maximum atomic E-state index is 12.4. The number of halogens is 1. The number of amides is 1. The molecule has 0 radical (unpaired) electrons. The van der Waals surface area contributed by atoms with Gasteiger partial charge in [0.2, 0.25) is 0 Å². The number of nitrogens with zero attached hydrogens (tertiary/aromatic N) is 3. The quantitative estimate of drug-likeness (QED) is 0.875. The zero-order valence-electron chi connectivity index (χ0n) is 12.0. The number of likely N-dealkylation sites (tertiary alicyclic amines) is 2. The predicted octanol–water partition coefficient (Wildman–Crippen LogP) is 1.48. The molecule has 1 amide bonds. The fourth-order valence-electron chi connectivity index (χ4n) is 3.17. The second-order valence-corrected chi connectivity index (χ2v) is 6.84. The van der Waals surface area contributed by atoms with Crippen molar-refractivity contribution in [2.45, 2.75) is 31.3 Å². The molecule has 1 aromatic rings. The second kappa shape index (κ2) is 6.42. The van der Waals surface area contributed by atoms with Crippen LogP contribution in [0.1, 0.15) is 29.8 Å². The summed E-state index contributed by atoms with van der Waals surface area (Å²) in [6.45, 7) is 3.75. The molecule has 0 aromatic carbocycles. The van der Waals surface area contributed by atoms with E-state index in [1.54, 1.807) is 12.3 Å². The average Bonchev–Trinajstić information content (AvgIpc) is 2.98. The number of pyridine rings is 1. The molecule has 2 aliphatic rings. The maximum absolute atomic E-state index is 12.4. The summed E-state index contributed by atoms with van der Waals surface area (Å²) in [6.07, 6.45) is 4.86. The van der Waals surface area contributed by atoms with E-state index in [1.807, 2.05) is 11.0 Å². The van der Waals surface area contributed by atoms with Gasteiger partial charge in [-0.2, -0.15) is 0 Å². The third-order valence-electron chi connectivity index (χ3n) is 4.49. The number of nitrogens with two attached hydrogens (primary N) is 1. The van der Waals surface area contributed by atoms with E-state index in [2.05, 4.69) is 25.8 Å². The summed E-state index contributed by atoms with van der Waals surface area (Å²) in [5.41, 5.74) is 6.48. The highest BCUT2D eigenvalue weighted by atomic mass is 79.9. The van der Waals surface area contributed by atoms with Gasteiger partial charge in [-0.15, -0.1) is 0 Å². The van der Waals surface area contributed by atoms with Crippen molar-refractivity contribution in [1.82, 2.24) is 14.8 Å². The van der Waals surface area contributed by atoms with Gasteiger partial charge in [-0.05, 0) is 60.4 Å². The first kappa shape index (κ1) is 14.9. The molecule has 0 spiro atoms. The molecule has 2 saturated heterocycles. The van der Waals surface area contributed by atoms with E-state index in [4.69, 9.17) is 5.73 Å². The molecule has 1 atom stereocenters. The van der Waals surface area contributed by atoms with Gasteiger partial charge in [0, 0.05) is 35.8 Å². The number of aromatic nitrogens is 1. The average molecular weight is 353 g/mol. The van der Waals surface area contributed by atoms with Crippen LogP contribution in [0.15, 0.2) is 22.8 Å². The standard InChI is InChI=1S/C15H21BrN4O/c16-11-1-2-14(18-9-11)15(21)20-8-5-13(10-20)19-6-3-12(17)4-7-19/h1-2,9,12-13H,3-8,10,17H2. The van der Waals surface area contributed by atoms with Crippen molar-refractivity contribution in [3.63, 3.8) is 0 Å². The van der Waals surface area contributed by atoms with Crippen LogP contribution in [0.4, 0.5) is 0 Å². The van der Waals surface area contributed by atoms with E-state index in [0.717, 1.165) is 49.9 Å². The minimum absolute atomic E-state index is 0.0405. The normalized spacial score (nSPS) is 24.5. The Morgan fingerprint density at radius 3 is 2.67 bits per heavy atom. The number of hydrogen-bond acceptors (Lipinski definition) is 4. The van der Waals surface area contributed by atoms with Gasteiger partial charge in [0.25, 0.3) is 5.91 Å². The summed E-state index contributed by atoms with van der Waals surface area (Å²) in [5, 5.41) is 0. The topological polar surface area (TPSA) is 62.5 Å². The van der Waals surface area contributed by atoms with E-state index in [9.17, 15) is 4.79 Å². The lowest BCUT2D eigenvalue weighted by Gasteiger charge is -2.34. The van der Waals surface area contributed by atoms with Crippen molar-refractivity contribution in [2.75, 3.05) is 26.2 Å².